The Hall–Kier alpha value is -1.70. The second-order valence-electron chi connectivity index (χ2n) is 9.86. The van der Waals surface area contributed by atoms with E-state index in [4.69, 9.17) is 9.90 Å². The van der Waals surface area contributed by atoms with Gasteiger partial charge in [-0.15, -0.1) is 0 Å². The van der Waals surface area contributed by atoms with Crippen molar-refractivity contribution in [3.63, 3.8) is 0 Å². The van der Waals surface area contributed by atoms with Crippen molar-refractivity contribution in [1.82, 2.24) is 14.6 Å². The number of nitrogens with one attached hydrogen (secondary N) is 2. The van der Waals surface area contributed by atoms with Crippen LogP contribution in [0.4, 0.5) is 19.0 Å². The maximum Gasteiger partial charge on any atom is 0.490 e. The summed E-state index contributed by atoms with van der Waals surface area (Å²) in [6, 6.07) is 2.58. The molecule has 13 heteroatoms. The van der Waals surface area contributed by atoms with Gasteiger partial charge in [-0.1, -0.05) is 12.2 Å². The Morgan fingerprint density at radius 1 is 1.14 bits per heavy atom. The van der Waals surface area contributed by atoms with E-state index in [-0.39, 0.29) is 17.0 Å². The van der Waals surface area contributed by atoms with E-state index in [9.17, 15) is 21.6 Å². The van der Waals surface area contributed by atoms with Gasteiger partial charge in [0.05, 0.1) is 0 Å². The number of hydrogen-bond acceptors (Lipinski definition) is 6. The maximum atomic E-state index is 13.3. The summed E-state index contributed by atoms with van der Waals surface area (Å²) in [7, 11) is -3.64. The molecule has 3 fully saturated rings. The summed E-state index contributed by atoms with van der Waals surface area (Å²) in [5.74, 6) is -1.47. The van der Waals surface area contributed by atoms with Crippen LogP contribution in [0.3, 0.4) is 0 Å². The Morgan fingerprint density at radius 2 is 1.81 bits per heavy atom. The Morgan fingerprint density at radius 3 is 2.33 bits per heavy atom. The van der Waals surface area contributed by atoms with E-state index < -0.39 is 22.2 Å². The first-order valence-electron chi connectivity index (χ1n) is 12.1. The van der Waals surface area contributed by atoms with E-state index in [1.807, 2.05) is 0 Å². The van der Waals surface area contributed by atoms with Crippen LogP contribution in [0.5, 0.6) is 0 Å². The Kier molecular flexibility index (Phi) is 8.32. The molecule has 0 spiro atoms. The van der Waals surface area contributed by atoms with Gasteiger partial charge >= 0.3 is 12.1 Å². The first-order chi connectivity index (χ1) is 16.9. The third kappa shape index (κ3) is 6.59. The van der Waals surface area contributed by atoms with E-state index in [1.165, 1.54) is 32.4 Å². The van der Waals surface area contributed by atoms with Crippen molar-refractivity contribution in [3.8, 4) is 0 Å². The number of halogens is 4. The number of anilines is 1. The zero-order chi connectivity index (χ0) is 26.1. The molecular weight excluding hydrogens is 565 g/mol. The summed E-state index contributed by atoms with van der Waals surface area (Å²) >= 11 is 3.40. The number of carboxylic acid groups (broad SMARTS) is 1. The molecule has 1 aliphatic heterocycles. The summed E-state index contributed by atoms with van der Waals surface area (Å²) in [5.41, 5.74) is 0. The fraction of sp³-hybridized carbons (Fsp3) is 0.652. The number of likely N-dealkylation sites (tertiary alicyclic amines) is 1. The third-order valence-electron chi connectivity index (χ3n) is 7.34. The number of fused-ring (bicyclic) bond motifs is 2. The minimum Gasteiger partial charge on any atom is -0.475 e. The van der Waals surface area contributed by atoms with Crippen LogP contribution >= 0.6 is 15.9 Å². The highest BCUT2D eigenvalue weighted by Gasteiger charge is 2.39. The molecule has 2 bridgehead atoms. The van der Waals surface area contributed by atoms with Crippen molar-refractivity contribution in [2.24, 2.45) is 11.8 Å². The second-order valence-corrected chi connectivity index (χ2v) is 12.5. The van der Waals surface area contributed by atoms with Crippen molar-refractivity contribution in [2.45, 2.75) is 74.1 Å². The van der Waals surface area contributed by atoms with Gasteiger partial charge in [0.1, 0.15) is 10.7 Å². The lowest BCUT2D eigenvalue weighted by molar-refractivity contribution is -0.192. The van der Waals surface area contributed by atoms with E-state index in [0.717, 1.165) is 25.7 Å². The Balaban J connectivity index is 0.000000384. The molecule has 2 saturated carbocycles. The summed E-state index contributed by atoms with van der Waals surface area (Å²) in [5, 5.41) is 10.5. The average Bonchev–Trinajstić information content (AvgIpc) is 3.31. The van der Waals surface area contributed by atoms with Crippen LogP contribution in [-0.4, -0.2) is 66.8 Å². The average molecular weight is 595 g/mol. The first kappa shape index (κ1) is 27.3. The van der Waals surface area contributed by atoms with E-state index in [0.29, 0.717) is 28.2 Å². The molecule has 3 atom stereocenters. The number of aliphatic carboxylic acids is 1. The van der Waals surface area contributed by atoms with Crippen molar-refractivity contribution in [2.75, 3.05) is 18.4 Å². The molecular formula is C23H30BrF3N4O4S. The number of pyridine rings is 1. The van der Waals surface area contributed by atoms with Crippen molar-refractivity contribution < 1.29 is 31.5 Å². The molecule has 1 aromatic heterocycles. The predicted octanol–water partition coefficient (Wildman–Crippen LogP) is 4.15. The monoisotopic (exact) mass is 594 g/mol. The number of nitrogens with zero attached hydrogens (tertiary/aromatic N) is 2. The number of carbonyl (C=O) groups is 1. The van der Waals surface area contributed by atoms with Crippen LogP contribution in [0.1, 0.15) is 44.9 Å². The molecule has 0 amide bonds. The van der Waals surface area contributed by atoms with Gasteiger partial charge in [-0.25, -0.2) is 22.9 Å². The van der Waals surface area contributed by atoms with Crippen LogP contribution in [-0.2, 0) is 14.8 Å². The Bertz CT molecular complexity index is 1090. The van der Waals surface area contributed by atoms with Gasteiger partial charge in [0, 0.05) is 28.8 Å². The van der Waals surface area contributed by atoms with Crippen LogP contribution in [0.15, 0.2) is 33.8 Å². The van der Waals surface area contributed by atoms with Gasteiger partial charge in [0.2, 0.25) is 10.0 Å². The quantitative estimate of drug-likeness (QED) is 0.424. The molecule has 36 heavy (non-hydrogen) atoms. The fourth-order valence-corrected chi connectivity index (χ4v) is 7.30. The number of hydrogen-bond donors (Lipinski definition) is 3. The molecule has 1 aromatic rings. The van der Waals surface area contributed by atoms with Crippen LogP contribution < -0.4 is 10.0 Å². The molecule has 8 nitrogen and oxygen atoms in total. The second kappa shape index (κ2) is 11.0. The largest absolute Gasteiger partial charge is 0.490 e. The highest BCUT2D eigenvalue weighted by atomic mass is 79.9. The smallest absolute Gasteiger partial charge is 0.475 e. The highest BCUT2D eigenvalue weighted by Crippen LogP contribution is 2.38. The zero-order valence-corrected chi connectivity index (χ0v) is 21.9. The van der Waals surface area contributed by atoms with E-state index >= 15 is 0 Å². The normalized spacial score (nSPS) is 29.8. The van der Waals surface area contributed by atoms with Crippen LogP contribution in [0.2, 0.25) is 0 Å². The minimum atomic E-state index is -5.08. The molecule has 3 N–H and O–H groups in total. The molecule has 0 radical (unpaired) electrons. The molecule has 3 unspecified atom stereocenters. The lowest BCUT2D eigenvalue weighted by atomic mass is 9.73. The first-order valence-corrected chi connectivity index (χ1v) is 14.4. The molecule has 1 saturated heterocycles. The number of carboxylic acids is 1. The van der Waals surface area contributed by atoms with Gasteiger partial charge in [0.15, 0.2) is 0 Å². The summed E-state index contributed by atoms with van der Waals surface area (Å²) < 4.78 is 61.9. The van der Waals surface area contributed by atoms with Crippen LogP contribution in [0.25, 0.3) is 0 Å². The van der Waals surface area contributed by atoms with Crippen molar-refractivity contribution in [1.29, 1.82) is 0 Å². The van der Waals surface area contributed by atoms with Gasteiger partial charge in [0.25, 0.3) is 0 Å². The van der Waals surface area contributed by atoms with E-state index in [1.54, 1.807) is 12.3 Å². The van der Waals surface area contributed by atoms with Crippen molar-refractivity contribution >= 4 is 37.7 Å². The number of allylic oxidation sites excluding steroid dienone is 1. The lowest BCUT2D eigenvalue weighted by Gasteiger charge is -2.42. The number of rotatable bonds is 6. The molecule has 0 aromatic carbocycles. The van der Waals surface area contributed by atoms with Crippen molar-refractivity contribution in [3.05, 3.63) is 28.9 Å². The molecule has 200 valence electrons. The predicted molar refractivity (Wildman–Crippen MR) is 131 cm³/mol. The van der Waals surface area contributed by atoms with Gasteiger partial charge in [-0.05, 0) is 91.9 Å². The van der Waals surface area contributed by atoms with E-state index in [2.05, 4.69) is 48.0 Å². The summed E-state index contributed by atoms with van der Waals surface area (Å²) in [6.45, 7) is 2.41. The summed E-state index contributed by atoms with van der Waals surface area (Å²) in [4.78, 5) is 16.1. The number of alkyl halides is 3. The molecule has 2 heterocycles. The molecule has 6 rings (SSSR count). The minimum absolute atomic E-state index is 0.0150. The standard InChI is InChI=1S/C21H29BrN4O2S.C2HF3O2/c22-16-10-20(29(27,28)25-19-9-14-3-5-15(19)6-4-14)21(23-13-16)24-17-11-18(12-17)26-7-1-2-8-26;3-2(4,5)1(6)7/h3,5,10,13-15,17-19,25H,1-2,4,6-9,11-12H2,(H,23,24);(H,6,7). The lowest BCUT2D eigenvalue weighted by Crippen LogP contribution is -2.49. The topological polar surface area (TPSA) is 112 Å². The Labute approximate surface area is 216 Å². The molecule has 4 aliphatic carbocycles. The highest BCUT2D eigenvalue weighted by molar-refractivity contribution is 9.10. The zero-order valence-electron chi connectivity index (χ0n) is 19.5. The molecule has 5 aliphatic rings. The van der Waals surface area contributed by atoms with Crippen LogP contribution in [0, 0.1) is 11.8 Å². The van der Waals surface area contributed by atoms with Gasteiger partial charge < -0.3 is 15.3 Å². The maximum absolute atomic E-state index is 13.3. The number of aromatic nitrogens is 1. The SMILES string of the molecule is O=C(O)C(F)(F)F.O=S(=O)(NC1CC2C=CC1CC2)c1cc(Br)cnc1NC1CC(N2CCCC2)C1. The number of sulfonamides is 1. The summed E-state index contributed by atoms with van der Waals surface area (Å²) in [6.07, 6.45) is 8.87. The van der Waals surface area contributed by atoms with Gasteiger partial charge in [-0.3, -0.25) is 0 Å². The fourth-order valence-electron chi connectivity index (χ4n) is 5.37. The third-order valence-corrected chi connectivity index (χ3v) is 9.28. The van der Waals surface area contributed by atoms with Gasteiger partial charge in [-0.2, -0.15) is 13.2 Å².